The summed E-state index contributed by atoms with van der Waals surface area (Å²) in [7, 11) is 0. The highest BCUT2D eigenvalue weighted by Gasteiger charge is 2.03. The number of nitrogens with zero attached hydrogens (tertiary/aromatic N) is 2. The third-order valence-electron chi connectivity index (χ3n) is 1.82. The first-order valence-corrected chi connectivity index (χ1v) is 4.14. The molecule has 0 saturated heterocycles. The summed E-state index contributed by atoms with van der Waals surface area (Å²) in [6, 6.07) is 1.97. The van der Waals surface area contributed by atoms with Crippen LogP contribution in [-0.2, 0) is 11.3 Å². The molecule has 0 unspecified atom stereocenters. The third kappa shape index (κ3) is 2.55. The molecule has 3 N–H and O–H groups in total. The first-order valence-electron chi connectivity index (χ1n) is 4.14. The summed E-state index contributed by atoms with van der Waals surface area (Å²) in [5, 5.41) is 4.21. The van der Waals surface area contributed by atoms with Gasteiger partial charge in [0.25, 0.3) is 0 Å². The molecule has 1 aromatic rings. The van der Waals surface area contributed by atoms with Gasteiger partial charge in [-0.1, -0.05) is 0 Å². The number of nitrogens with one attached hydrogen (secondary N) is 1. The zero-order chi connectivity index (χ0) is 9.84. The monoisotopic (exact) mass is 182 g/mol. The fourth-order valence-electron chi connectivity index (χ4n) is 1.18. The average molecular weight is 182 g/mol. The van der Waals surface area contributed by atoms with E-state index in [0.29, 0.717) is 13.0 Å². The van der Waals surface area contributed by atoms with Crippen molar-refractivity contribution in [2.24, 2.45) is 5.84 Å². The minimum Gasteiger partial charge on any atom is -0.294 e. The van der Waals surface area contributed by atoms with Gasteiger partial charge in [-0.2, -0.15) is 5.10 Å². The van der Waals surface area contributed by atoms with E-state index in [2.05, 4.69) is 10.5 Å². The molecule has 1 rings (SSSR count). The number of rotatable bonds is 3. The van der Waals surface area contributed by atoms with E-state index in [4.69, 9.17) is 5.84 Å². The van der Waals surface area contributed by atoms with E-state index in [1.54, 1.807) is 4.68 Å². The normalized spacial score (nSPS) is 10.1. The third-order valence-corrected chi connectivity index (χ3v) is 1.82. The lowest BCUT2D eigenvalue weighted by Gasteiger charge is -2.02. The quantitative estimate of drug-likeness (QED) is 0.389. The molecule has 1 heterocycles. The van der Waals surface area contributed by atoms with E-state index in [1.165, 1.54) is 0 Å². The molecule has 5 nitrogen and oxygen atoms in total. The van der Waals surface area contributed by atoms with Gasteiger partial charge >= 0.3 is 0 Å². The van der Waals surface area contributed by atoms with Crippen molar-refractivity contribution >= 4 is 5.91 Å². The van der Waals surface area contributed by atoms with Crippen LogP contribution in [0.1, 0.15) is 17.8 Å². The van der Waals surface area contributed by atoms with Crippen LogP contribution in [0.3, 0.4) is 0 Å². The van der Waals surface area contributed by atoms with Gasteiger partial charge < -0.3 is 0 Å². The lowest BCUT2D eigenvalue weighted by Crippen LogP contribution is -2.30. The number of amides is 1. The van der Waals surface area contributed by atoms with Crippen LogP contribution in [0.4, 0.5) is 0 Å². The second kappa shape index (κ2) is 4.04. The van der Waals surface area contributed by atoms with Crippen molar-refractivity contribution in [1.29, 1.82) is 0 Å². The van der Waals surface area contributed by atoms with Crippen LogP contribution in [-0.4, -0.2) is 15.7 Å². The minimum absolute atomic E-state index is 0.174. The van der Waals surface area contributed by atoms with E-state index in [0.717, 1.165) is 11.4 Å². The predicted octanol–water partition coefficient (Wildman–Crippen LogP) is -0.120. The van der Waals surface area contributed by atoms with E-state index < -0.39 is 0 Å². The van der Waals surface area contributed by atoms with Gasteiger partial charge in [0.15, 0.2) is 0 Å². The van der Waals surface area contributed by atoms with Gasteiger partial charge in [-0.25, -0.2) is 5.84 Å². The molecule has 0 saturated carbocycles. The molecular formula is C8H14N4O. The zero-order valence-corrected chi connectivity index (χ0v) is 7.87. The van der Waals surface area contributed by atoms with E-state index in [1.807, 2.05) is 19.9 Å². The Hall–Kier alpha value is -1.36. The predicted molar refractivity (Wildman–Crippen MR) is 48.6 cm³/mol. The van der Waals surface area contributed by atoms with E-state index in [-0.39, 0.29) is 5.91 Å². The number of hydrogen-bond donors (Lipinski definition) is 2. The molecule has 0 aromatic carbocycles. The summed E-state index contributed by atoms with van der Waals surface area (Å²) < 4.78 is 1.80. The van der Waals surface area contributed by atoms with Crippen molar-refractivity contribution < 1.29 is 4.79 Å². The Morgan fingerprint density at radius 3 is 2.85 bits per heavy atom. The number of nitrogens with two attached hydrogens (primary N) is 1. The van der Waals surface area contributed by atoms with Crippen LogP contribution >= 0.6 is 0 Å². The summed E-state index contributed by atoms with van der Waals surface area (Å²) in [6.07, 6.45) is 0.360. The van der Waals surface area contributed by atoms with E-state index in [9.17, 15) is 4.79 Å². The molecule has 0 radical (unpaired) electrons. The minimum atomic E-state index is -0.174. The highest BCUT2D eigenvalue weighted by molar-refractivity contribution is 5.74. The maximum absolute atomic E-state index is 10.8. The van der Waals surface area contributed by atoms with Crippen molar-refractivity contribution in [1.82, 2.24) is 15.2 Å². The molecule has 0 fully saturated rings. The first-order chi connectivity index (χ1) is 6.13. The Morgan fingerprint density at radius 1 is 1.69 bits per heavy atom. The largest absolute Gasteiger partial charge is 0.294 e. The summed E-state index contributed by atoms with van der Waals surface area (Å²) in [6.45, 7) is 4.45. The molecule has 5 heteroatoms. The van der Waals surface area contributed by atoms with Gasteiger partial charge in [-0.3, -0.25) is 14.9 Å². The average Bonchev–Trinajstić information content (AvgIpc) is 2.41. The smallest absolute Gasteiger partial charge is 0.235 e. The van der Waals surface area contributed by atoms with Gasteiger partial charge in [-0.15, -0.1) is 0 Å². The van der Waals surface area contributed by atoms with Crippen LogP contribution in [0.2, 0.25) is 0 Å². The van der Waals surface area contributed by atoms with Crippen LogP contribution in [0.5, 0.6) is 0 Å². The van der Waals surface area contributed by atoms with E-state index >= 15 is 0 Å². The maximum atomic E-state index is 10.8. The van der Waals surface area contributed by atoms with Gasteiger partial charge in [0, 0.05) is 12.1 Å². The molecule has 13 heavy (non-hydrogen) atoms. The molecule has 1 amide bonds. The topological polar surface area (TPSA) is 72.9 Å². The number of aryl methyl sites for hydroxylation is 3. The number of carbonyl (C=O) groups excluding carboxylic acids is 1. The maximum Gasteiger partial charge on any atom is 0.235 e. The molecule has 0 aliphatic heterocycles. The van der Waals surface area contributed by atoms with Crippen molar-refractivity contribution in [2.75, 3.05) is 0 Å². The van der Waals surface area contributed by atoms with Gasteiger partial charge in [0.1, 0.15) is 0 Å². The van der Waals surface area contributed by atoms with Crippen LogP contribution in [0.25, 0.3) is 0 Å². The highest BCUT2D eigenvalue weighted by Crippen LogP contribution is 2.02. The van der Waals surface area contributed by atoms with Crippen LogP contribution in [0.15, 0.2) is 6.07 Å². The number of hydrogen-bond acceptors (Lipinski definition) is 3. The van der Waals surface area contributed by atoms with Crippen LogP contribution < -0.4 is 11.3 Å². The SMILES string of the molecule is Cc1cc(C)n(CCC(=O)NN)n1. The molecule has 0 aliphatic rings. The molecule has 0 spiro atoms. The van der Waals surface area contributed by atoms with Gasteiger partial charge in [0.2, 0.25) is 5.91 Å². The number of hydrazine groups is 1. The van der Waals surface area contributed by atoms with Crippen molar-refractivity contribution in [2.45, 2.75) is 26.8 Å². The molecule has 0 bridgehead atoms. The van der Waals surface area contributed by atoms with Crippen molar-refractivity contribution in [3.63, 3.8) is 0 Å². The van der Waals surface area contributed by atoms with Crippen molar-refractivity contribution in [3.05, 3.63) is 17.5 Å². The highest BCUT2D eigenvalue weighted by atomic mass is 16.2. The summed E-state index contributed by atoms with van der Waals surface area (Å²) in [4.78, 5) is 10.8. The molecule has 0 atom stereocenters. The van der Waals surface area contributed by atoms with Gasteiger partial charge in [-0.05, 0) is 19.9 Å². The fourth-order valence-corrected chi connectivity index (χ4v) is 1.18. The first kappa shape index (κ1) is 9.73. The Labute approximate surface area is 76.9 Å². The molecule has 1 aromatic heterocycles. The Morgan fingerprint density at radius 2 is 2.38 bits per heavy atom. The second-order valence-corrected chi connectivity index (χ2v) is 2.97. The summed E-state index contributed by atoms with van der Waals surface area (Å²) in [5.41, 5.74) is 4.10. The fraction of sp³-hybridized carbons (Fsp3) is 0.500. The second-order valence-electron chi connectivity index (χ2n) is 2.97. The Kier molecular flexibility index (Phi) is 3.02. The molecular weight excluding hydrogens is 168 g/mol. The summed E-state index contributed by atoms with van der Waals surface area (Å²) >= 11 is 0. The summed E-state index contributed by atoms with van der Waals surface area (Å²) in [5.74, 6) is 4.78. The Bertz CT molecular complexity index is 305. The zero-order valence-electron chi connectivity index (χ0n) is 7.87. The lowest BCUT2D eigenvalue weighted by molar-refractivity contribution is -0.121. The molecule has 72 valence electrons. The number of aromatic nitrogens is 2. The lowest BCUT2D eigenvalue weighted by atomic mass is 10.4. The van der Waals surface area contributed by atoms with Crippen LogP contribution in [0, 0.1) is 13.8 Å². The van der Waals surface area contributed by atoms with Gasteiger partial charge in [0.05, 0.1) is 12.2 Å². The van der Waals surface area contributed by atoms with Crippen molar-refractivity contribution in [3.8, 4) is 0 Å². The molecule has 0 aliphatic carbocycles. The standard InChI is InChI=1S/C8H14N4O/c1-6-5-7(2)12(11-6)4-3-8(13)10-9/h5H,3-4,9H2,1-2H3,(H,10,13). The Balaban J connectivity index is 2.54. The number of carbonyl (C=O) groups is 1.